The summed E-state index contributed by atoms with van der Waals surface area (Å²) in [5.41, 5.74) is 6.40. The first-order chi connectivity index (χ1) is 68.5. The van der Waals surface area contributed by atoms with Crippen molar-refractivity contribution in [1.29, 1.82) is 0 Å². The van der Waals surface area contributed by atoms with Gasteiger partial charge in [0.25, 0.3) is 0 Å². The van der Waals surface area contributed by atoms with Gasteiger partial charge >= 0.3 is 6.18 Å². The van der Waals surface area contributed by atoms with Crippen LogP contribution in [0.5, 0.6) is 5.75 Å². The Kier molecular flexibility index (Phi) is 78.4. The van der Waals surface area contributed by atoms with Gasteiger partial charge in [0.05, 0.1) is 46.7 Å². The minimum atomic E-state index is -4.32. The highest BCUT2D eigenvalue weighted by atomic mass is 35.5. The van der Waals surface area contributed by atoms with Crippen molar-refractivity contribution < 1.29 is 143 Å². The van der Waals surface area contributed by atoms with Crippen LogP contribution in [0.4, 0.5) is 39.5 Å². The Hall–Kier alpha value is -14.5. The quantitative estimate of drug-likeness (QED) is 0.0160. The summed E-state index contributed by atoms with van der Waals surface area (Å²) in [5, 5.41) is 10.6. The molecule has 26 nitrogen and oxygen atoms in total. The Balaban J connectivity index is -0.000000726. The Morgan fingerprint density at radius 2 is 1.03 bits per heavy atom. The highest BCUT2D eigenvalue weighted by Crippen LogP contribution is 2.23. The molecule has 0 aliphatic rings. The zero-order chi connectivity index (χ0) is 110. The number of benzene rings is 4. The van der Waals surface area contributed by atoms with Crippen molar-refractivity contribution in [3.05, 3.63) is 344 Å². The third kappa shape index (κ3) is 64.1. The Morgan fingerprint density at radius 1 is 0.486 bits per heavy atom. The molecular weight excluding hydrogens is 2000 g/mol. The van der Waals surface area contributed by atoms with Crippen LogP contribution >= 0.6 is 57.6 Å². The molecule has 40 heteroatoms. The lowest BCUT2D eigenvalue weighted by Gasteiger charge is -2.13. The van der Waals surface area contributed by atoms with Gasteiger partial charge in [-0.2, -0.15) is 41.4 Å². The van der Waals surface area contributed by atoms with Crippen LogP contribution in [0.25, 0.3) is 0 Å². The van der Waals surface area contributed by atoms with Crippen molar-refractivity contribution in [2.24, 2.45) is 19.5 Å². The van der Waals surface area contributed by atoms with Crippen LogP contribution in [0.1, 0.15) is 262 Å². The van der Waals surface area contributed by atoms with E-state index >= 15 is 0 Å². The monoisotopic (exact) mass is 2110 g/mol. The molecule has 776 valence electrons. The van der Waals surface area contributed by atoms with E-state index < -0.39 is 53.5 Å². The van der Waals surface area contributed by atoms with Crippen molar-refractivity contribution >= 4 is 165 Å². The third-order valence-corrected chi connectivity index (χ3v) is 19.4. The van der Waals surface area contributed by atoms with E-state index in [1.165, 1.54) is 57.9 Å². The molecule has 0 aliphatic heterocycles. The molecule has 0 bridgehead atoms. The molecule has 0 N–H and O–H groups in total. The maximum Gasteiger partial charge on any atom is 0.395 e. The number of alkyl halides is 3. The Morgan fingerprint density at radius 3 is 1.30 bits per heavy atom. The van der Waals surface area contributed by atoms with Gasteiger partial charge in [-0.15, -0.1) is 11.3 Å². The summed E-state index contributed by atoms with van der Waals surface area (Å²) in [6.07, 6.45) is 17.2. The molecule has 0 amide bonds. The lowest BCUT2D eigenvalue weighted by atomic mass is 9.90. The van der Waals surface area contributed by atoms with E-state index in [0.717, 1.165) is 151 Å². The molecule has 9 heterocycles. The molecule has 9 aromatic heterocycles. The van der Waals surface area contributed by atoms with E-state index in [0.29, 0.717) is 123 Å². The van der Waals surface area contributed by atoms with Crippen LogP contribution in [-0.4, -0.2) is 151 Å². The molecule has 0 radical (unpaired) electrons. The second-order valence-corrected chi connectivity index (χ2v) is 31.8. The summed E-state index contributed by atoms with van der Waals surface area (Å²) in [5.74, 6) is -5.18. The lowest BCUT2D eigenvalue weighted by molar-refractivity contribution is -0.144. The minimum absolute atomic E-state index is 0.0885. The molecule has 144 heavy (non-hydrogen) atoms. The third-order valence-electron chi connectivity index (χ3n) is 16.4. The molecule has 0 saturated heterocycles. The molecule has 13 rings (SSSR count). The average Bonchev–Trinajstić information content (AvgIpc) is 1.20. The van der Waals surface area contributed by atoms with Gasteiger partial charge in [-0.05, 0) is 228 Å². The van der Waals surface area contributed by atoms with Crippen molar-refractivity contribution in [2.45, 2.75) is 141 Å². The number of aryl methyl sites for hydroxylation is 9. The van der Waals surface area contributed by atoms with Crippen molar-refractivity contribution in [3.63, 3.8) is 0 Å². The SMILES string of the molecule is CCCC(C)(C)C=O.CCCC=O.CCOc1ccc(C=O)cc1.CCc1ccc(C=O)o1.CCc1oc(C=O)cc1C.CSCCC=O.Cc1ccc(C=O)o1.Cc1cccc(C=O)n1.Cc1ccsc1C=O.Cc1nn(C)c(Cl)c1C=O.Cn1cccc1C=O.O=CCC(F)(F)F.O=Cc1c(F)c(F)c(F)c(F)c1F.O=Cc1ccc(Cl)cc1.O=Cc1ccc(F)cc1.O=Cc1ccco1.O=Cc1ccsc1. The number of aldehydes is 17. The standard InChI is InChI=1S/C9H10O2.C8H10O2.C7H5ClO.C7HF5O.C7H5FO.C7H7NO.C7H8O2.C7H14O.C6H7ClN2O.C6H7NO.C6H6O2.C6H6OS.C5H4O2.C5H4OS.C4H8OS.C4H8O.C3H3F3O/c1-2-11-9-5-3-8(7-10)4-6-9;1-3-8-6(2)4-7(5-9)10-8;8-7-3-1-6(5-9)2-4-7;8-3-2(1-13)4(9)6(11)7(12)5(3)10;8-7-3-1-6(5-9)2-4-7;1-6-3-2-4-7(5-9)8-6;1-2-6-3-4-7(5-8)9-6;1-4-5-7(2,3)6-8;1-4-5(3-10)6(7)9(2)8-4;1-7-4-2-3-6(7)5-8;1-5-2-3-6(4-7)8-5;1-5-2-3-8-6(5)4-7;6-4-5-2-1-3-7-5;6-3-5-1-2-7-4-5;1-6-4-2-3-5;1-2-3-4-5;4-3(5,6)1-2-7/h3-7H,2H2,1H3;4-5H,3H2,1-2H3;1-5H;1H;1-5H;2-5H,1H3;3-5H,2H2,1H3;6H,4-5H2,1-3H3;3H,1-2H3;2-5H,1H3;2*2-4H,1H3;2*1-4H;3H,2,4H2,1H3;4H,2-3H2,1H3;2H,1H2. The van der Waals surface area contributed by atoms with Gasteiger partial charge in [0.2, 0.25) is 5.82 Å². The van der Waals surface area contributed by atoms with E-state index in [9.17, 15) is 116 Å². The van der Waals surface area contributed by atoms with E-state index in [-0.39, 0.29) is 17.5 Å². The van der Waals surface area contributed by atoms with E-state index in [1.807, 2.05) is 128 Å². The number of nitrogens with zero attached hydrogens (tertiary/aromatic N) is 4. The minimum Gasteiger partial charge on any atom is -0.494 e. The second kappa shape index (κ2) is 83.2. The van der Waals surface area contributed by atoms with Gasteiger partial charge in [0.15, 0.2) is 109 Å². The molecule has 4 aromatic carbocycles. The number of carbonyl (C=O) groups excluding carboxylic acids is 17. The fraction of sp³-hybridized carbons (Fsp3) is 0.260. The predicted octanol–water partition coefficient (Wildman–Crippen LogP) is 25.7. The number of carbonyl (C=O) groups is 17. The second-order valence-electron chi connectivity index (χ2n) is 28.3. The number of ether oxygens (including phenoxy) is 1. The topological polar surface area (TPSA) is 388 Å². The van der Waals surface area contributed by atoms with Gasteiger partial charge in [0.1, 0.15) is 83.7 Å². The number of hydrogen-bond donors (Lipinski definition) is 0. The number of hydrogen-bond acceptors (Lipinski definition) is 27. The van der Waals surface area contributed by atoms with E-state index in [4.69, 9.17) is 46.0 Å². The highest BCUT2D eigenvalue weighted by molar-refractivity contribution is 7.98. The van der Waals surface area contributed by atoms with Crippen LogP contribution in [0.2, 0.25) is 10.2 Å². The number of unbranched alkanes of at least 4 members (excludes halogenated alkanes) is 1. The lowest BCUT2D eigenvalue weighted by Crippen LogP contribution is -2.11. The number of furan rings is 4. The van der Waals surface area contributed by atoms with E-state index in [1.54, 1.807) is 140 Å². The zero-order valence-electron chi connectivity index (χ0n) is 81.4. The summed E-state index contributed by atoms with van der Waals surface area (Å²) in [4.78, 5) is 174. The van der Waals surface area contributed by atoms with Gasteiger partial charge in [-0.25, -0.2) is 26.3 Å². The van der Waals surface area contributed by atoms with Gasteiger partial charge in [0, 0.05) is 89.7 Å². The number of thiophene rings is 2. The zero-order valence-corrected chi connectivity index (χ0v) is 85.4. The van der Waals surface area contributed by atoms with Crippen LogP contribution in [0.15, 0.2) is 204 Å². The summed E-state index contributed by atoms with van der Waals surface area (Å²) in [6, 6.07) is 43.7. The van der Waals surface area contributed by atoms with Crippen molar-refractivity contribution in [3.8, 4) is 5.75 Å². The maximum atomic E-state index is 12.5. The van der Waals surface area contributed by atoms with Gasteiger partial charge < -0.3 is 46.2 Å². The molecule has 0 atom stereocenters. The summed E-state index contributed by atoms with van der Waals surface area (Å²) >= 11 is 15.9. The normalized spacial score (nSPS) is 9.40. The van der Waals surface area contributed by atoms with Crippen LogP contribution in [-0.2, 0) is 46.1 Å². The fourth-order valence-electron chi connectivity index (χ4n) is 9.03. The molecule has 0 unspecified atom stereocenters. The first kappa shape index (κ1) is 136. The predicted molar refractivity (Wildman–Crippen MR) is 537 cm³/mol. The summed E-state index contributed by atoms with van der Waals surface area (Å²) < 4.78 is 134. The highest BCUT2D eigenvalue weighted by Gasteiger charge is 2.26. The molecule has 0 fully saturated rings. The smallest absolute Gasteiger partial charge is 0.395 e. The molecule has 0 aliphatic carbocycles. The van der Waals surface area contributed by atoms with Gasteiger partial charge in [-0.3, -0.25) is 72.0 Å². The largest absolute Gasteiger partial charge is 0.494 e. The number of thioether (sulfide) groups is 1. The fourth-order valence-corrected chi connectivity index (χ4v) is 11.0. The Bertz CT molecular complexity index is 5660. The average molecular weight is 2110 g/mol. The summed E-state index contributed by atoms with van der Waals surface area (Å²) in [6.45, 7) is 23.8. The number of aromatic nitrogens is 4. The summed E-state index contributed by atoms with van der Waals surface area (Å²) in [7, 11) is 3.53. The number of pyridine rings is 1. The molecule has 0 saturated carbocycles. The first-order valence-electron chi connectivity index (χ1n) is 42.6. The molecule has 0 spiro atoms. The first-order valence-corrected chi connectivity index (χ1v) is 46.6. The van der Waals surface area contributed by atoms with E-state index in [2.05, 4.69) is 21.4 Å². The molecule has 13 aromatic rings. The molecular formula is C104H113Cl2F9N4O22S3. The van der Waals surface area contributed by atoms with Crippen molar-refractivity contribution in [1.82, 2.24) is 19.3 Å². The van der Waals surface area contributed by atoms with Crippen LogP contribution in [0, 0.1) is 74.9 Å². The Labute approximate surface area is 850 Å². The number of rotatable bonds is 26. The van der Waals surface area contributed by atoms with Crippen LogP contribution < -0.4 is 4.74 Å². The van der Waals surface area contributed by atoms with Gasteiger partial charge in [-0.1, -0.05) is 89.4 Å². The van der Waals surface area contributed by atoms with Crippen LogP contribution in [0.3, 0.4) is 0 Å². The number of halogens is 11. The van der Waals surface area contributed by atoms with Crippen molar-refractivity contribution in [2.75, 3.05) is 18.6 Å². The maximum absolute atomic E-state index is 12.5.